The van der Waals surface area contributed by atoms with E-state index in [-0.39, 0.29) is 12.1 Å². The quantitative estimate of drug-likeness (QED) is 0.851. The highest BCUT2D eigenvalue weighted by atomic mass is 32.1. The number of aryl methyl sites for hydroxylation is 2. The average molecular weight is 309 g/mol. The first-order valence-corrected chi connectivity index (χ1v) is 7.67. The third-order valence-corrected chi connectivity index (χ3v) is 4.46. The van der Waals surface area contributed by atoms with E-state index in [2.05, 4.69) is 9.97 Å². The second kappa shape index (κ2) is 6.36. The van der Waals surface area contributed by atoms with Gasteiger partial charge >= 0.3 is 5.97 Å². The van der Waals surface area contributed by atoms with Crippen LogP contribution in [0.15, 0.2) is 4.79 Å². The van der Waals surface area contributed by atoms with Gasteiger partial charge in [-0.25, -0.2) is 4.98 Å². The molecule has 0 saturated carbocycles. The van der Waals surface area contributed by atoms with Gasteiger partial charge in [-0.15, -0.1) is 11.3 Å². The number of H-pyrrole nitrogens is 1. The lowest BCUT2D eigenvalue weighted by molar-refractivity contribution is -0.138. The molecule has 0 aliphatic carbocycles. The number of carbonyl (C=O) groups is 1. The van der Waals surface area contributed by atoms with Crippen molar-refractivity contribution in [3.8, 4) is 0 Å². The number of nitrogens with one attached hydrogen (secondary N) is 1. The van der Waals surface area contributed by atoms with E-state index in [9.17, 15) is 9.59 Å². The van der Waals surface area contributed by atoms with Gasteiger partial charge in [-0.05, 0) is 32.4 Å². The van der Waals surface area contributed by atoms with Crippen LogP contribution in [0.3, 0.4) is 0 Å². The minimum atomic E-state index is -0.880. The topological polar surface area (TPSA) is 86.3 Å². The summed E-state index contributed by atoms with van der Waals surface area (Å²) in [4.78, 5) is 33.9. The van der Waals surface area contributed by atoms with Gasteiger partial charge in [0.25, 0.3) is 5.56 Å². The molecular formula is C14H19N3O3S. The van der Waals surface area contributed by atoms with E-state index in [1.807, 2.05) is 20.8 Å². The summed E-state index contributed by atoms with van der Waals surface area (Å²) in [5.74, 6) is -0.363. The molecule has 2 N–H and O–H groups in total. The summed E-state index contributed by atoms with van der Waals surface area (Å²) in [5.41, 5.74) is 0.815. The van der Waals surface area contributed by atoms with Crippen LogP contribution in [0.5, 0.6) is 0 Å². The van der Waals surface area contributed by atoms with Crippen molar-refractivity contribution < 1.29 is 9.90 Å². The zero-order valence-corrected chi connectivity index (χ0v) is 13.2. The molecule has 21 heavy (non-hydrogen) atoms. The highest BCUT2D eigenvalue weighted by Gasteiger charge is 2.15. The van der Waals surface area contributed by atoms with Crippen LogP contribution in [-0.4, -0.2) is 39.0 Å². The Kier molecular flexibility index (Phi) is 4.74. The fourth-order valence-corrected chi connectivity index (χ4v) is 3.36. The van der Waals surface area contributed by atoms with Crippen molar-refractivity contribution in [2.24, 2.45) is 0 Å². The van der Waals surface area contributed by atoms with Crippen molar-refractivity contribution in [2.75, 3.05) is 13.1 Å². The molecule has 2 aromatic heterocycles. The second-order valence-corrected chi connectivity index (χ2v) is 6.28. The van der Waals surface area contributed by atoms with E-state index in [4.69, 9.17) is 5.11 Å². The molecule has 0 aromatic carbocycles. The van der Waals surface area contributed by atoms with Gasteiger partial charge in [0, 0.05) is 4.88 Å². The van der Waals surface area contributed by atoms with Gasteiger partial charge < -0.3 is 10.1 Å². The minimum Gasteiger partial charge on any atom is -0.480 e. The maximum atomic E-state index is 12.2. The summed E-state index contributed by atoms with van der Waals surface area (Å²) in [6.07, 6.45) is 0.844. The Morgan fingerprint density at radius 3 is 2.76 bits per heavy atom. The number of aliphatic carboxylic acids is 1. The van der Waals surface area contributed by atoms with Crippen LogP contribution < -0.4 is 5.56 Å². The van der Waals surface area contributed by atoms with Crippen LogP contribution in [0.1, 0.15) is 29.6 Å². The maximum Gasteiger partial charge on any atom is 0.317 e. The minimum absolute atomic E-state index is 0.0575. The van der Waals surface area contributed by atoms with Crippen LogP contribution in [-0.2, 0) is 11.3 Å². The van der Waals surface area contributed by atoms with Crippen LogP contribution >= 0.6 is 11.3 Å². The molecule has 0 spiro atoms. The third-order valence-electron chi connectivity index (χ3n) is 3.36. The number of aromatic nitrogens is 2. The van der Waals surface area contributed by atoms with Gasteiger partial charge in [-0.2, -0.15) is 0 Å². The van der Waals surface area contributed by atoms with Gasteiger partial charge in [-0.3, -0.25) is 14.5 Å². The number of rotatable bonds is 6. The molecule has 2 aromatic rings. The Morgan fingerprint density at radius 1 is 1.43 bits per heavy atom. The average Bonchev–Trinajstić information content (AvgIpc) is 2.64. The largest absolute Gasteiger partial charge is 0.480 e. The molecule has 2 heterocycles. The van der Waals surface area contributed by atoms with Crippen molar-refractivity contribution in [2.45, 2.75) is 33.7 Å². The summed E-state index contributed by atoms with van der Waals surface area (Å²) in [6.45, 7) is 6.79. The van der Waals surface area contributed by atoms with E-state index >= 15 is 0 Å². The van der Waals surface area contributed by atoms with Gasteiger partial charge in [0.2, 0.25) is 0 Å². The van der Waals surface area contributed by atoms with Crippen molar-refractivity contribution in [1.29, 1.82) is 0 Å². The van der Waals surface area contributed by atoms with Gasteiger partial charge in [-0.1, -0.05) is 6.92 Å². The lowest BCUT2D eigenvalue weighted by Crippen LogP contribution is -2.31. The number of aromatic amines is 1. The SMILES string of the molecule is CCCN(CC(=O)O)Cc1nc2sc(C)c(C)c2c(=O)[nH]1. The fraction of sp³-hybridized carbons (Fsp3) is 0.500. The highest BCUT2D eigenvalue weighted by molar-refractivity contribution is 7.18. The molecule has 0 bridgehead atoms. The van der Waals surface area contributed by atoms with Gasteiger partial charge in [0.15, 0.2) is 0 Å². The first-order chi connectivity index (χ1) is 9.92. The third kappa shape index (κ3) is 3.48. The first kappa shape index (κ1) is 15.7. The number of hydrogen-bond acceptors (Lipinski definition) is 5. The van der Waals surface area contributed by atoms with Crippen LogP contribution in [0.25, 0.3) is 10.2 Å². The molecule has 0 atom stereocenters. The molecule has 0 radical (unpaired) electrons. The Labute approximate surface area is 126 Å². The normalized spacial score (nSPS) is 11.4. The smallest absolute Gasteiger partial charge is 0.317 e. The Hall–Kier alpha value is -1.73. The summed E-state index contributed by atoms with van der Waals surface area (Å²) in [6, 6.07) is 0. The molecule has 0 aliphatic heterocycles. The van der Waals surface area contributed by atoms with Crippen molar-refractivity contribution in [3.05, 3.63) is 26.6 Å². The number of carboxylic acids is 1. The monoisotopic (exact) mass is 309 g/mol. The van der Waals surface area contributed by atoms with Crippen molar-refractivity contribution in [1.82, 2.24) is 14.9 Å². The molecule has 0 saturated heterocycles. The van der Waals surface area contributed by atoms with Gasteiger partial charge in [0.05, 0.1) is 18.5 Å². The number of fused-ring (bicyclic) bond motifs is 1. The van der Waals surface area contributed by atoms with E-state index in [0.717, 1.165) is 21.7 Å². The lowest BCUT2D eigenvalue weighted by Gasteiger charge is -2.18. The molecule has 2 rings (SSSR count). The molecule has 0 unspecified atom stereocenters. The standard InChI is InChI=1S/C14H19N3O3S/c1-4-5-17(7-11(18)19)6-10-15-13(20)12-8(2)9(3)21-14(12)16-10/h4-7H2,1-3H3,(H,18,19)(H,15,16,20). The number of thiophene rings is 1. The van der Waals surface area contributed by atoms with E-state index in [1.54, 1.807) is 4.90 Å². The summed E-state index contributed by atoms with van der Waals surface area (Å²) in [5, 5.41) is 9.56. The molecule has 6 nitrogen and oxygen atoms in total. The molecule has 0 fully saturated rings. The first-order valence-electron chi connectivity index (χ1n) is 6.85. The second-order valence-electron chi connectivity index (χ2n) is 5.08. The zero-order chi connectivity index (χ0) is 15.6. The van der Waals surface area contributed by atoms with E-state index in [1.165, 1.54) is 11.3 Å². The molecule has 7 heteroatoms. The molecule has 114 valence electrons. The van der Waals surface area contributed by atoms with E-state index in [0.29, 0.717) is 24.3 Å². The predicted molar refractivity (Wildman–Crippen MR) is 82.9 cm³/mol. The van der Waals surface area contributed by atoms with E-state index < -0.39 is 5.97 Å². The van der Waals surface area contributed by atoms with Crippen molar-refractivity contribution >= 4 is 27.5 Å². The maximum absolute atomic E-state index is 12.2. The van der Waals surface area contributed by atoms with Crippen LogP contribution in [0.4, 0.5) is 0 Å². The van der Waals surface area contributed by atoms with Gasteiger partial charge in [0.1, 0.15) is 10.7 Å². The van der Waals surface area contributed by atoms with Crippen LogP contribution in [0.2, 0.25) is 0 Å². The zero-order valence-electron chi connectivity index (χ0n) is 12.4. The Bertz CT molecular complexity index is 720. The number of hydrogen-bond donors (Lipinski definition) is 2. The molecule has 0 amide bonds. The Morgan fingerprint density at radius 2 is 2.14 bits per heavy atom. The summed E-state index contributed by atoms with van der Waals surface area (Å²) < 4.78 is 0. The number of carboxylic acid groups (broad SMARTS) is 1. The molecular weight excluding hydrogens is 290 g/mol. The lowest BCUT2D eigenvalue weighted by atomic mass is 10.2. The van der Waals surface area contributed by atoms with Crippen LogP contribution in [0, 0.1) is 13.8 Å². The van der Waals surface area contributed by atoms with Crippen molar-refractivity contribution in [3.63, 3.8) is 0 Å². The summed E-state index contributed by atoms with van der Waals surface area (Å²) >= 11 is 1.50. The Balaban J connectivity index is 2.33. The fourth-order valence-electron chi connectivity index (χ4n) is 2.31. The summed E-state index contributed by atoms with van der Waals surface area (Å²) in [7, 11) is 0. The molecule has 0 aliphatic rings. The highest BCUT2D eigenvalue weighted by Crippen LogP contribution is 2.25. The number of nitrogens with zero attached hydrogens (tertiary/aromatic N) is 2. The predicted octanol–water partition coefficient (Wildman–Crippen LogP) is 1.90.